The van der Waals surface area contributed by atoms with Crippen LogP contribution in [0.3, 0.4) is 0 Å². The number of aryl methyl sites for hydroxylation is 1. The first-order valence-corrected chi connectivity index (χ1v) is 3.67. The summed E-state index contributed by atoms with van der Waals surface area (Å²) in [6, 6.07) is 0. The van der Waals surface area contributed by atoms with Crippen molar-refractivity contribution in [2.75, 3.05) is 12.4 Å². The van der Waals surface area contributed by atoms with Crippen LogP contribution < -0.4 is 5.32 Å². The molecule has 2 rings (SSSR count). The lowest BCUT2D eigenvalue weighted by molar-refractivity contribution is 0.936. The molecular weight excluding hydrogens is 154 g/mol. The van der Waals surface area contributed by atoms with E-state index in [4.69, 9.17) is 0 Å². The lowest BCUT2D eigenvalue weighted by Gasteiger charge is -1.91. The highest BCUT2D eigenvalue weighted by molar-refractivity contribution is 5.46. The third-order valence-electron chi connectivity index (χ3n) is 1.65. The van der Waals surface area contributed by atoms with Gasteiger partial charge in [0.15, 0.2) is 5.65 Å². The number of hydrogen-bond donors (Lipinski definition) is 1. The zero-order chi connectivity index (χ0) is 8.55. The van der Waals surface area contributed by atoms with Gasteiger partial charge in [-0.1, -0.05) is 0 Å². The van der Waals surface area contributed by atoms with Gasteiger partial charge in [0.25, 0.3) is 0 Å². The molecule has 2 heterocycles. The fourth-order valence-electron chi connectivity index (χ4n) is 1.05. The maximum absolute atomic E-state index is 4.21. The minimum Gasteiger partial charge on any atom is -0.356 e. The Morgan fingerprint density at radius 3 is 3.00 bits per heavy atom. The molecule has 0 unspecified atom stereocenters. The molecule has 1 N–H and O–H groups in total. The van der Waals surface area contributed by atoms with Crippen LogP contribution in [0, 0.1) is 6.92 Å². The Kier molecular flexibility index (Phi) is 1.43. The Balaban J connectivity index is 2.74. The van der Waals surface area contributed by atoms with Crippen molar-refractivity contribution in [2.24, 2.45) is 0 Å². The highest BCUT2D eigenvalue weighted by Gasteiger charge is 2.02. The molecule has 0 fully saturated rings. The zero-order valence-electron chi connectivity index (χ0n) is 6.94. The normalized spacial score (nSPS) is 10.5. The fraction of sp³-hybridized carbons (Fsp3) is 0.286. The molecule has 62 valence electrons. The fourth-order valence-corrected chi connectivity index (χ4v) is 1.05. The van der Waals surface area contributed by atoms with E-state index in [0.717, 1.165) is 11.3 Å². The van der Waals surface area contributed by atoms with Crippen molar-refractivity contribution in [3.8, 4) is 0 Å². The predicted molar refractivity (Wildman–Crippen MR) is 45.1 cm³/mol. The van der Waals surface area contributed by atoms with Gasteiger partial charge >= 0.3 is 0 Å². The Labute approximate surface area is 69.5 Å². The number of rotatable bonds is 1. The number of fused-ring (bicyclic) bond motifs is 1. The second-order valence-electron chi connectivity index (χ2n) is 2.47. The monoisotopic (exact) mass is 163 g/mol. The summed E-state index contributed by atoms with van der Waals surface area (Å²) < 4.78 is 1.70. The van der Waals surface area contributed by atoms with Crippen LogP contribution in [0.2, 0.25) is 0 Å². The summed E-state index contributed by atoms with van der Waals surface area (Å²) in [5, 5.41) is 7.02. The minimum atomic E-state index is 0.617. The third kappa shape index (κ3) is 0.903. The van der Waals surface area contributed by atoms with E-state index < -0.39 is 0 Å². The highest BCUT2D eigenvalue weighted by atomic mass is 15.3. The number of aromatic nitrogens is 4. The van der Waals surface area contributed by atoms with Gasteiger partial charge in [-0.15, -0.1) is 5.10 Å². The van der Waals surface area contributed by atoms with Gasteiger partial charge in [0, 0.05) is 19.4 Å². The Bertz CT molecular complexity index is 405. The summed E-state index contributed by atoms with van der Waals surface area (Å²) in [4.78, 5) is 8.31. The molecule has 0 aliphatic heterocycles. The number of hydrogen-bond acceptors (Lipinski definition) is 4. The Morgan fingerprint density at radius 2 is 2.33 bits per heavy atom. The molecule has 12 heavy (non-hydrogen) atoms. The topological polar surface area (TPSA) is 55.1 Å². The summed E-state index contributed by atoms with van der Waals surface area (Å²) in [6.07, 6.45) is 3.48. The molecule has 5 heteroatoms. The van der Waals surface area contributed by atoms with Crippen molar-refractivity contribution in [2.45, 2.75) is 6.92 Å². The first-order chi connectivity index (χ1) is 5.81. The quantitative estimate of drug-likeness (QED) is 0.664. The molecule has 5 nitrogen and oxygen atoms in total. The summed E-state index contributed by atoms with van der Waals surface area (Å²) in [7, 11) is 1.79. The van der Waals surface area contributed by atoms with Crippen molar-refractivity contribution >= 4 is 11.6 Å². The van der Waals surface area contributed by atoms with E-state index in [-0.39, 0.29) is 0 Å². The SMILES string of the molecule is CNc1nc2c(C)nccn2n1. The van der Waals surface area contributed by atoms with E-state index in [1.54, 1.807) is 24.0 Å². The maximum atomic E-state index is 4.21. The van der Waals surface area contributed by atoms with Gasteiger partial charge in [0.1, 0.15) is 0 Å². The second-order valence-corrected chi connectivity index (χ2v) is 2.47. The number of anilines is 1. The Hall–Kier alpha value is -1.65. The van der Waals surface area contributed by atoms with E-state index >= 15 is 0 Å². The van der Waals surface area contributed by atoms with E-state index in [1.165, 1.54) is 0 Å². The molecule has 0 saturated heterocycles. The molecule has 2 aromatic rings. The van der Waals surface area contributed by atoms with Crippen LogP contribution in [-0.2, 0) is 0 Å². The van der Waals surface area contributed by atoms with Gasteiger partial charge in [-0.2, -0.15) is 4.98 Å². The van der Waals surface area contributed by atoms with Crippen molar-refractivity contribution in [1.82, 2.24) is 19.6 Å². The van der Waals surface area contributed by atoms with Crippen LogP contribution in [-0.4, -0.2) is 26.6 Å². The van der Waals surface area contributed by atoms with Crippen molar-refractivity contribution in [3.05, 3.63) is 18.1 Å². The molecular formula is C7H9N5. The van der Waals surface area contributed by atoms with Crippen LogP contribution in [0.15, 0.2) is 12.4 Å². The minimum absolute atomic E-state index is 0.617. The van der Waals surface area contributed by atoms with Gasteiger partial charge in [0.2, 0.25) is 5.95 Å². The van der Waals surface area contributed by atoms with Gasteiger partial charge in [0.05, 0.1) is 5.69 Å². The van der Waals surface area contributed by atoms with Crippen molar-refractivity contribution in [3.63, 3.8) is 0 Å². The van der Waals surface area contributed by atoms with E-state index in [9.17, 15) is 0 Å². The molecule has 0 aliphatic carbocycles. The van der Waals surface area contributed by atoms with Crippen LogP contribution in [0.4, 0.5) is 5.95 Å². The first-order valence-electron chi connectivity index (χ1n) is 3.67. The highest BCUT2D eigenvalue weighted by Crippen LogP contribution is 2.05. The van der Waals surface area contributed by atoms with Gasteiger partial charge in [-0.25, -0.2) is 4.52 Å². The van der Waals surface area contributed by atoms with Gasteiger partial charge < -0.3 is 5.32 Å². The summed E-state index contributed by atoms with van der Waals surface area (Å²) in [6.45, 7) is 1.91. The molecule has 0 atom stereocenters. The Morgan fingerprint density at radius 1 is 1.50 bits per heavy atom. The molecule has 0 radical (unpaired) electrons. The van der Waals surface area contributed by atoms with E-state index in [2.05, 4.69) is 20.4 Å². The van der Waals surface area contributed by atoms with Crippen LogP contribution in [0.25, 0.3) is 5.65 Å². The number of nitrogens with one attached hydrogen (secondary N) is 1. The van der Waals surface area contributed by atoms with Crippen LogP contribution in [0.5, 0.6) is 0 Å². The summed E-state index contributed by atoms with van der Waals surface area (Å²) in [5.74, 6) is 0.617. The smallest absolute Gasteiger partial charge is 0.242 e. The van der Waals surface area contributed by atoms with E-state index in [1.807, 2.05) is 6.92 Å². The van der Waals surface area contributed by atoms with Gasteiger partial charge in [-0.3, -0.25) is 4.98 Å². The predicted octanol–water partition coefficient (Wildman–Crippen LogP) is 0.474. The molecule has 2 aromatic heterocycles. The second kappa shape index (κ2) is 2.44. The molecule has 0 aromatic carbocycles. The van der Waals surface area contributed by atoms with Crippen molar-refractivity contribution < 1.29 is 0 Å². The lowest BCUT2D eigenvalue weighted by Crippen LogP contribution is -1.91. The van der Waals surface area contributed by atoms with Gasteiger partial charge in [-0.05, 0) is 6.92 Å². The average molecular weight is 163 g/mol. The maximum Gasteiger partial charge on any atom is 0.242 e. The van der Waals surface area contributed by atoms with Crippen LogP contribution in [0.1, 0.15) is 5.69 Å². The first kappa shape index (κ1) is 7.02. The lowest BCUT2D eigenvalue weighted by atomic mass is 10.5. The zero-order valence-corrected chi connectivity index (χ0v) is 6.94. The largest absolute Gasteiger partial charge is 0.356 e. The molecule has 0 bridgehead atoms. The molecule has 0 amide bonds. The molecule has 0 spiro atoms. The number of nitrogens with zero attached hydrogens (tertiary/aromatic N) is 4. The third-order valence-corrected chi connectivity index (χ3v) is 1.65. The standard InChI is InChI=1S/C7H9N5/c1-5-6-10-7(8-2)11-12(6)4-3-9-5/h3-4H,1-2H3,(H,8,11). The average Bonchev–Trinajstić information content (AvgIpc) is 2.49. The van der Waals surface area contributed by atoms with E-state index in [0.29, 0.717) is 5.95 Å². The van der Waals surface area contributed by atoms with Crippen molar-refractivity contribution in [1.29, 1.82) is 0 Å². The van der Waals surface area contributed by atoms with Crippen LogP contribution >= 0.6 is 0 Å². The summed E-state index contributed by atoms with van der Waals surface area (Å²) in [5.41, 5.74) is 1.67. The molecule has 0 aliphatic rings. The summed E-state index contributed by atoms with van der Waals surface area (Å²) >= 11 is 0. The molecule has 0 saturated carbocycles.